The topological polar surface area (TPSA) is 132 Å². The highest BCUT2D eigenvalue weighted by Crippen LogP contribution is 2.36. The van der Waals surface area contributed by atoms with E-state index in [1.165, 1.54) is 25.1 Å². The second kappa shape index (κ2) is 8.08. The minimum atomic E-state index is -1.03. The number of fused-ring (bicyclic) bond motifs is 3. The van der Waals surface area contributed by atoms with E-state index < -0.39 is 29.2 Å². The quantitative estimate of drug-likeness (QED) is 0.319. The molecule has 1 N–H and O–H groups in total. The molecular weight excluding hydrogens is 392 g/mol. The van der Waals surface area contributed by atoms with Crippen LogP contribution >= 0.6 is 0 Å². The van der Waals surface area contributed by atoms with E-state index in [1.807, 2.05) is 0 Å². The van der Waals surface area contributed by atoms with E-state index in [9.17, 15) is 24.0 Å². The first-order valence-electron chi connectivity index (χ1n) is 8.74. The van der Waals surface area contributed by atoms with Gasteiger partial charge in [-0.3, -0.25) is 14.4 Å². The van der Waals surface area contributed by atoms with Crippen LogP contribution in [0.5, 0.6) is 0 Å². The number of pyridine rings is 1. The smallest absolute Gasteiger partial charge is 0.357 e. The summed E-state index contributed by atoms with van der Waals surface area (Å²) in [6.07, 6.45) is 2.67. The molecule has 9 nitrogen and oxygen atoms in total. The second-order valence-corrected chi connectivity index (χ2v) is 6.24. The second-order valence-electron chi connectivity index (χ2n) is 6.24. The molecule has 0 aromatic carbocycles. The Bertz CT molecular complexity index is 1140. The van der Waals surface area contributed by atoms with Crippen LogP contribution < -0.4 is 0 Å². The van der Waals surface area contributed by atoms with E-state index in [0.717, 1.165) is 6.07 Å². The number of carbonyl (C=O) groups excluding carboxylic acids is 5. The number of hydrogen-bond acceptors (Lipinski definition) is 8. The van der Waals surface area contributed by atoms with E-state index in [2.05, 4.69) is 23.1 Å². The number of ether oxygens (including phenoxy) is 2. The first kappa shape index (κ1) is 20.6. The molecule has 1 aliphatic rings. The third-order valence-electron chi connectivity index (χ3n) is 4.23. The van der Waals surface area contributed by atoms with Crippen molar-refractivity contribution in [2.24, 2.45) is 0 Å². The molecule has 1 aliphatic carbocycles. The summed E-state index contributed by atoms with van der Waals surface area (Å²) in [5, 5.41) is 0. The van der Waals surface area contributed by atoms with Gasteiger partial charge in [-0.25, -0.2) is 14.6 Å². The zero-order chi connectivity index (χ0) is 22.0. The highest BCUT2D eigenvalue weighted by atomic mass is 16.5. The SMILES string of the molecule is C=CCOC(=O)c1cc(C(=O)OCC=C)c2c(n1)C(=O)C(=O)c1cc(C(C)=O)[nH]c1-2. The number of ketones is 3. The highest BCUT2D eigenvalue weighted by Gasteiger charge is 2.38. The Morgan fingerprint density at radius 1 is 1.03 bits per heavy atom. The Balaban J connectivity index is 2.28. The lowest BCUT2D eigenvalue weighted by atomic mass is 9.88. The minimum Gasteiger partial charge on any atom is -0.458 e. The van der Waals surface area contributed by atoms with Gasteiger partial charge in [-0.2, -0.15) is 0 Å². The molecule has 2 heterocycles. The largest absolute Gasteiger partial charge is 0.458 e. The molecule has 0 aliphatic heterocycles. The van der Waals surface area contributed by atoms with Gasteiger partial charge in [0.2, 0.25) is 5.78 Å². The maximum Gasteiger partial charge on any atom is 0.357 e. The highest BCUT2D eigenvalue weighted by molar-refractivity contribution is 6.53. The van der Waals surface area contributed by atoms with E-state index in [-0.39, 0.29) is 52.8 Å². The molecule has 0 fully saturated rings. The summed E-state index contributed by atoms with van der Waals surface area (Å²) in [4.78, 5) is 68.6. The lowest BCUT2D eigenvalue weighted by Gasteiger charge is -2.18. The van der Waals surface area contributed by atoms with Crippen molar-refractivity contribution in [2.75, 3.05) is 13.2 Å². The van der Waals surface area contributed by atoms with Gasteiger partial charge in [0.15, 0.2) is 5.78 Å². The minimum absolute atomic E-state index is 0.0311. The van der Waals surface area contributed by atoms with Crippen LogP contribution in [0.15, 0.2) is 37.4 Å². The number of rotatable bonds is 7. The number of hydrogen-bond donors (Lipinski definition) is 1. The van der Waals surface area contributed by atoms with Crippen LogP contribution in [0, 0.1) is 0 Å². The third-order valence-corrected chi connectivity index (χ3v) is 4.23. The molecule has 3 rings (SSSR count). The van der Waals surface area contributed by atoms with Crippen LogP contribution in [-0.4, -0.2) is 52.5 Å². The van der Waals surface area contributed by atoms with E-state index in [1.54, 1.807) is 0 Å². The number of esters is 2. The Hall–Kier alpha value is -4.14. The lowest BCUT2D eigenvalue weighted by Crippen LogP contribution is -2.26. The number of aromatic amines is 1. The average molecular weight is 408 g/mol. The van der Waals surface area contributed by atoms with Crippen molar-refractivity contribution >= 4 is 29.3 Å². The Morgan fingerprint density at radius 2 is 1.67 bits per heavy atom. The summed E-state index contributed by atoms with van der Waals surface area (Å²) in [5.41, 5.74) is -0.910. The van der Waals surface area contributed by atoms with E-state index in [0.29, 0.717) is 0 Å². The van der Waals surface area contributed by atoms with Crippen LogP contribution in [-0.2, 0) is 9.47 Å². The van der Waals surface area contributed by atoms with Crippen molar-refractivity contribution in [1.82, 2.24) is 9.97 Å². The maximum atomic E-state index is 12.7. The molecular formula is C21H16N2O7. The Morgan fingerprint density at radius 3 is 2.27 bits per heavy atom. The number of carbonyl (C=O) groups is 5. The number of nitrogens with one attached hydrogen (secondary N) is 1. The average Bonchev–Trinajstić information content (AvgIpc) is 3.19. The monoisotopic (exact) mass is 408 g/mol. The van der Waals surface area contributed by atoms with Crippen molar-refractivity contribution in [2.45, 2.75) is 6.92 Å². The van der Waals surface area contributed by atoms with Crippen LogP contribution in [0.3, 0.4) is 0 Å². The van der Waals surface area contributed by atoms with Gasteiger partial charge >= 0.3 is 11.9 Å². The predicted octanol–water partition coefficient (Wildman–Crippen LogP) is 2.34. The Kier molecular flexibility index (Phi) is 5.54. The van der Waals surface area contributed by atoms with Crippen molar-refractivity contribution in [3.05, 3.63) is 65.7 Å². The van der Waals surface area contributed by atoms with E-state index in [4.69, 9.17) is 9.47 Å². The van der Waals surface area contributed by atoms with Crippen LogP contribution in [0.4, 0.5) is 0 Å². The number of H-pyrrole nitrogens is 1. The van der Waals surface area contributed by atoms with Crippen molar-refractivity contribution in [3.8, 4) is 11.3 Å². The fourth-order valence-electron chi connectivity index (χ4n) is 2.90. The van der Waals surface area contributed by atoms with Crippen molar-refractivity contribution in [3.63, 3.8) is 0 Å². The molecule has 0 bridgehead atoms. The first-order valence-corrected chi connectivity index (χ1v) is 8.74. The fraction of sp³-hybridized carbons (Fsp3) is 0.143. The fourth-order valence-corrected chi connectivity index (χ4v) is 2.90. The summed E-state index contributed by atoms with van der Waals surface area (Å²) in [6, 6.07) is 2.35. The molecule has 0 atom stereocenters. The van der Waals surface area contributed by atoms with Gasteiger partial charge in [0.1, 0.15) is 24.6 Å². The zero-order valence-electron chi connectivity index (χ0n) is 15.9. The molecule has 0 radical (unpaired) electrons. The van der Waals surface area contributed by atoms with Crippen molar-refractivity contribution < 1.29 is 33.4 Å². The molecule has 152 valence electrons. The van der Waals surface area contributed by atoms with Gasteiger partial charge in [0, 0.05) is 12.5 Å². The first-order chi connectivity index (χ1) is 14.3. The normalized spacial score (nSPS) is 11.9. The summed E-state index contributed by atoms with van der Waals surface area (Å²) in [6.45, 7) is 7.91. The standard InChI is InChI=1S/C21H16N2O7/c1-4-6-29-20(27)11-8-14(21(28)30-7-5-2)23-17-15(11)16-12(18(25)19(17)26)9-13(22-16)10(3)24/h4-5,8-9,22H,1-2,6-7H2,3H3. The number of nitrogens with zero attached hydrogens (tertiary/aromatic N) is 1. The van der Waals surface area contributed by atoms with Gasteiger partial charge < -0.3 is 14.5 Å². The molecule has 2 aromatic heterocycles. The number of Topliss-reactive ketones (excluding diaryl/α,β-unsaturated/α-hetero) is 3. The number of aromatic nitrogens is 2. The summed E-state index contributed by atoms with van der Waals surface area (Å²) in [5.74, 6) is -4.12. The van der Waals surface area contributed by atoms with Crippen LogP contribution in [0.25, 0.3) is 11.3 Å². The molecule has 0 saturated heterocycles. The molecule has 0 amide bonds. The summed E-state index contributed by atoms with van der Waals surface area (Å²) < 4.78 is 9.98. The zero-order valence-corrected chi connectivity index (χ0v) is 15.9. The van der Waals surface area contributed by atoms with Gasteiger partial charge in [0.05, 0.1) is 22.5 Å². The van der Waals surface area contributed by atoms with Gasteiger partial charge in [-0.1, -0.05) is 25.3 Å². The molecule has 0 spiro atoms. The Labute approximate surface area is 170 Å². The van der Waals surface area contributed by atoms with Gasteiger partial charge in [-0.05, 0) is 12.1 Å². The van der Waals surface area contributed by atoms with Crippen LogP contribution in [0.1, 0.15) is 59.1 Å². The summed E-state index contributed by atoms with van der Waals surface area (Å²) in [7, 11) is 0. The molecule has 0 saturated carbocycles. The van der Waals surface area contributed by atoms with E-state index >= 15 is 0 Å². The molecule has 9 heteroatoms. The van der Waals surface area contributed by atoms with Crippen LogP contribution in [0.2, 0.25) is 0 Å². The molecule has 30 heavy (non-hydrogen) atoms. The molecule has 0 unspecified atom stereocenters. The maximum absolute atomic E-state index is 12.7. The van der Waals surface area contributed by atoms with Gasteiger partial charge in [0.25, 0.3) is 5.78 Å². The predicted molar refractivity (Wildman–Crippen MR) is 104 cm³/mol. The summed E-state index contributed by atoms with van der Waals surface area (Å²) >= 11 is 0. The van der Waals surface area contributed by atoms with Gasteiger partial charge in [-0.15, -0.1) is 0 Å². The molecule has 2 aromatic rings. The lowest BCUT2D eigenvalue weighted by molar-refractivity contribution is 0.0541. The third kappa shape index (κ3) is 3.48. The van der Waals surface area contributed by atoms with Crippen molar-refractivity contribution in [1.29, 1.82) is 0 Å².